The SMILES string of the molecule is N=C1/C(=C/c2cccn2CCCOc2ccccc2)C(=O)N=C2SC(N3CCCC3)=NN12. The predicted octanol–water partition coefficient (Wildman–Crippen LogP) is 3.63. The molecule has 9 heteroatoms. The van der Waals surface area contributed by atoms with Crippen molar-refractivity contribution >= 4 is 39.9 Å². The molecule has 2 aromatic rings. The number of nitrogens with zero attached hydrogens (tertiary/aromatic N) is 5. The molecule has 8 nitrogen and oxygen atoms in total. The average Bonchev–Trinajstić information content (AvgIpc) is 3.56. The Bertz CT molecular complexity index is 1110. The van der Waals surface area contributed by atoms with Crippen LogP contribution >= 0.6 is 11.8 Å². The minimum absolute atomic E-state index is 0.0712. The lowest BCUT2D eigenvalue weighted by Crippen LogP contribution is -2.35. The molecule has 0 aliphatic carbocycles. The van der Waals surface area contributed by atoms with Crippen LogP contribution in [0.5, 0.6) is 5.75 Å². The maximum Gasteiger partial charge on any atom is 0.283 e. The van der Waals surface area contributed by atoms with Crippen molar-refractivity contribution in [1.82, 2.24) is 14.5 Å². The number of benzene rings is 1. The third-order valence-electron chi connectivity index (χ3n) is 5.53. The summed E-state index contributed by atoms with van der Waals surface area (Å²) in [6, 6.07) is 13.6. The Morgan fingerprint density at radius 1 is 1.09 bits per heavy atom. The first kappa shape index (κ1) is 20.6. The van der Waals surface area contributed by atoms with Gasteiger partial charge >= 0.3 is 0 Å². The number of amidine groups is 3. The summed E-state index contributed by atoms with van der Waals surface area (Å²) >= 11 is 1.37. The van der Waals surface area contributed by atoms with Crippen LogP contribution in [0.3, 0.4) is 0 Å². The largest absolute Gasteiger partial charge is 0.494 e. The van der Waals surface area contributed by atoms with E-state index in [1.165, 1.54) is 16.8 Å². The first-order chi connectivity index (χ1) is 15.7. The Morgan fingerprint density at radius 2 is 1.91 bits per heavy atom. The number of hydrogen-bond donors (Lipinski definition) is 1. The second-order valence-corrected chi connectivity index (χ2v) is 8.67. The third-order valence-corrected chi connectivity index (χ3v) is 6.50. The van der Waals surface area contributed by atoms with Gasteiger partial charge < -0.3 is 14.2 Å². The van der Waals surface area contributed by atoms with Crippen molar-refractivity contribution in [2.75, 3.05) is 19.7 Å². The summed E-state index contributed by atoms with van der Waals surface area (Å²) in [7, 11) is 0. The van der Waals surface area contributed by atoms with Crippen molar-refractivity contribution in [2.24, 2.45) is 10.1 Å². The minimum Gasteiger partial charge on any atom is -0.494 e. The molecule has 0 unspecified atom stereocenters. The molecule has 1 amide bonds. The highest BCUT2D eigenvalue weighted by molar-refractivity contribution is 8.26. The maximum absolute atomic E-state index is 12.7. The maximum atomic E-state index is 12.7. The fourth-order valence-corrected chi connectivity index (χ4v) is 4.81. The first-order valence-electron chi connectivity index (χ1n) is 10.8. The van der Waals surface area contributed by atoms with E-state index >= 15 is 0 Å². The lowest BCUT2D eigenvalue weighted by atomic mass is 10.1. The molecule has 0 bridgehead atoms. The fraction of sp³-hybridized carbons (Fsp3) is 0.304. The highest BCUT2D eigenvalue weighted by Crippen LogP contribution is 2.30. The van der Waals surface area contributed by atoms with E-state index in [0.717, 1.165) is 55.5 Å². The van der Waals surface area contributed by atoms with Crippen molar-refractivity contribution in [2.45, 2.75) is 25.8 Å². The van der Waals surface area contributed by atoms with E-state index in [-0.39, 0.29) is 11.4 Å². The summed E-state index contributed by atoms with van der Waals surface area (Å²) in [6.45, 7) is 3.25. The van der Waals surface area contributed by atoms with Gasteiger partial charge in [-0.2, -0.15) is 10.0 Å². The van der Waals surface area contributed by atoms with Gasteiger partial charge in [0, 0.05) is 31.5 Å². The highest BCUT2D eigenvalue weighted by Gasteiger charge is 2.37. The van der Waals surface area contributed by atoms with Crippen molar-refractivity contribution in [3.8, 4) is 5.75 Å². The monoisotopic (exact) mass is 448 g/mol. The van der Waals surface area contributed by atoms with Gasteiger partial charge in [-0.05, 0) is 61.4 Å². The van der Waals surface area contributed by atoms with Crippen LogP contribution in [-0.2, 0) is 11.3 Å². The van der Waals surface area contributed by atoms with E-state index < -0.39 is 5.91 Å². The lowest BCUT2D eigenvalue weighted by molar-refractivity contribution is -0.114. The number of aryl methyl sites for hydroxylation is 1. The van der Waals surface area contributed by atoms with Gasteiger partial charge in [-0.1, -0.05) is 18.2 Å². The molecule has 5 rings (SSSR count). The summed E-state index contributed by atoms with van der Waals surface area (Å²) in [5, 5.41) is 15.9. The molecule has 0 spiro atoms. The van der Waals surface area contributed by atoms with E-state index in [1.54, 1.807) is 6.08 Å². The van der Waals surface area contributed by atoms with Gasteiger partial charge in [0.05, 0.1) is 12.2 Å². The number of likely N-dealkylation sites (tertiary alicyclic amines) is 1. The minimum atomic E-state index is -0.396. The van der Waals surface area contributed by atoms with Gasteiger partial charge in [0.15, 0.2) is 11.0 Å². The zero-order valence-corrected chi connectivity index (χ0v) is 18.4. The van der Waals surface area contributed by atoms with Crippen molar-refractivity contribution in [3.05, 3.63) is 59.9 Å². The van der Waals surface area contributed by atoms with Gasteiger partial charge in [0.25, 0.3) is 5.91 Å². The van der Waals surface area contributed by atoms with E-state index in [1.807, 2.05) is 48.7 Å². The van der Waals surface area contributed by atoms with Gasteiger partial charge in [-0.25, -0.2) is 0 Å². The molecular weight excluding hydrogens is 424 g/mol. The van der Waals surface area contributed by atoms with Crippen molar-refractivity contribution in [3.63, 3.8) is 0 Å². The van der Waals surface area contributed by atoms with Crippen LogP contribution in [0.25, 0.3) is 6.08 Å². The molecule has 32 heavy (non-hydrogen) atoms. The van der Waals surface area contributed by atoms with Crippen molar-refractivity contribution in [1.29, 1.82) is 5.41 Å². The molecule has 164 valence electrons. The number of amides is 1. The molecule has 0 atom stereocenters. The van der Waals surface area contributed by atoms with Crippen LogP contribution in [0.15, 0.2) is 64.3 Å². The molecule has 1 aromatic carbocycles. The molecule has 3 aliphatic heterocycles. The number of nitrogens with one attached hydrogen (secondary N) is 1. The number of para-hydroxylation sites is 1. The van der Waals surface area contributed by atoms with Crippen LogP contribution < -0.4 is 4.74 Å². The van der Waals surface area contributed by atoms with E-state index in [9.17, 15) is 4.79 Å². The van der Waals surface area contributed by atoms with Crippen LogP contribution in [0.2, 0.25) is 0 Å². The number of aromatic nitrogens is 1. The van der Waals surface area contributed by atoms with Crippen LogP contribution in [0, 0.1) is 5.41 Å². The quantitative estimate of drug-likeness (QED) is 0.539. The number of hydrogen-bond acceptors (Lipinski definition) is 6. The summed E-state index contributed by atoms with van der Waals surface area (Å²) in [6.07, 6.45) is 6.80. The summed E-state index contributed by atoms with van der Waals surface area (Å²) in [4.78, 5) is 19.1. The van der Waals surface area contributed by atoms with Gasteiger partial charge in [0.1, 0.15) is 5.75 Å². The average molecular weight is 449 g/mol. The van der Waals surface area contributed by atoms with E-state index in [4.69, 9.17) is 10.1 Å². The van der Waals surface area contributed by atoms with Crippen LogP contribution in [0.1, 0.15) is 25.0 Å². The Labute approximate surface area is 190 Å². The number of fused-ring (bicyclic) bond motifs is 1. The molecule has 4 heterocycles. The van der Waals surface area contributed by atoms with Gasteiger partial charge in [-0.3, -0.25) is 10.2 Å². The summed E-state index contributed by atoms with van der Waals surface area (Å²) in [5.74, 6) is 0.531. The standard InChI is InChI=1S/C23H24N6O2S/c24-20-19(21(30)25-22-29(20)26-23(32-22)28-11-4-5-12-28)16-17-8-6-13-27(17)14-7-15-31-18-9-2-1-3-10-18/h1-3,6,8-10,13,16,24H,4-5,7,11-12,14-15H2/b19-16-,24-20?. The number of rotatable bonds is 6. The number of ether oxygens (including phenoxy) is 1. The Balaban J connectivity index is 1.27. The van der Waals surface area contributed by atoms with Crippen molar-refractivity contribution < 1.29 is 9.53 Å². The predicted molar refractivity (Wildman–Crippen MR) is 127 cm³/mol. The normalized spacial score (nSPS) is 19.4. The number of carbonyl (C=O) groups is 1. The Hall–Kier alpha value is -3.33. The number of carbonyl (C=O) groups excluding carboxylic acids is 1. The first-order valence-corrected chi connectivity index (χ1v) is 11.6. The van der Waals surface area contributed by atoms with Crippen LogP contribution in [-0.4, -0.2) is 56.3 Å². The zero-order chi connectivity index (χ0) is 21.9. The van der Waals surface area contributed by atoms with Gasteiger partial charge in [-0.15, -0.1) is 5.10 Å². The van der Waals surface area contributed by atoms with Crippen LogP contribution in [0.4, 0.5) is 0 Å². The molecule has 3 aliphatic rings. The summed E-state index contributed by atoms with van der Waals surface area (Å²) in [5.41, 5.74) is 1.10. The third kappa shape index (κ3) is 4.20. The molecule has 1 saturated heterocycles. The second kappa shape index (κ2) is 9.04. The number of hydrazone groups is 1. The molecule has 1 N–H and O–H groups in total. The highest BCUT2D eigenvalue weighted by atomic mass is 32.2. The lowest BCUT2D eigenvalue weighted by Gasteiger charge is -2.20. The summed E-state index contributed by atoms with van der Waals surface area (Å²) < 4.78 is 7.82. The van der Waals surface area contributed by atoms with E-state index in [2.05, 4.69) is 19.6 Å². The topological polar surface area (TPSA) is 86.3 Å². The van der Waals surface area contributed by atoms with Gasteiger partial charge in [0.2, 0.25) is 5.17 Å². The Morgan fingerprint density at radius 3 is 2.72 bits per heavy atom. The molecular formula is C23H24N6O2S. The molecule has 1 aromatic heterocycles. The number of aliphatic imine (C=N–C) groups is 1. The molecule has 0 saturated carbocycles. The zero-order valence-electron chi connectivity index (χ0n) is 17.6. The number of thioether (sulfide) groups is 1. The van der Waals surface area contributed by atoms with E-state index in [0.29, 0.717) is 11.8 Å². The molecule has 0 radical (unpaired) electrons. The molecule has 1 fully saturated rings. The smallest absolute Gasteiger partial charge is 0.283 e. The Kier molecular flexibility index (Phi) is 5.81. The second-order valence-electron chi connectivity index (χ2n) is 7.74. The fourth-order valence-electron chi connectivity index (χ4n) is 3.87.